The molecular formula is C44H28N2. The molecule has 2 heteroatoms. The number of fused-ring (bicyclic) bond motifs is 8. The van der Waals surface area contributed by atoms with E-state index in [0.717, 1.165) is 0 Å². The highest BCUT2D eigenvalue weighted by atomic mass is 15.0. The Morgan fingerprint density at radius 2 is 0.783 bits per heavy atom. The minimum atomic E-state index is 1.20. The van der Waals surface area contributed by atoms with Crippen LogP contribution in [0.25, 0.3) is 87.7 Å². The van der Waals surface area contributed by atoms with E-state index in [9.17, 15) is 0 Å². The van der Waals surface area contributed by atoms with Crippen molar-refractivity contribution in [3.8, 4) is 22.5 Å². The molecule has 0 aliphatic rings. The molecule has 0 fully saturated rings. The quantitative estimate of drug-likeness (QED) is 0.195. The van der Waals surface area contributed by atoms with Crippen LogP contribution in [0, 0.1) is 0 Å². The van der Waals surface area contributed by atoms with Gasteiger partial charge in [-0.25, -0.2) is 0 Å². The Balaban J connectivity index is 1.32. The zero-order chi connectivity index (χ0) is 30.2. The van der Waals surface area contributed by atoms with Crippen molar-refractivity contribution < 1.29 is 0 Å². The molecule has 0 amide bonds. The summed E-state index contributed by atoms with van der Waals surface area (Å²) in [5.41, 5.74) is 9.69. The summed E-state index contributed by atoms with van der Waals surface area (Å²) >= 11 is 0. The van der Waals surface area contributed by atoms with Gasteiger partial charge in [0.2, 0.25) is 0 Å². The van der Waals surface area contributed by atoms with Gasteiger partial charge in [-0.1, -0.05) is 140 Å². The predicted molar refractivity (Wildman–Crippen MR) is 196 cm³/mol. The minimum absolute atomic E-state index is 1.20. The van der Waals surface area contributed by atoms with Crippen LogP contribution >= 0.6 is 0 Å². The van der Waals surface area contributed by atoms with Gasteiger partial charge >= 0.3 is 0 Å². The van der Waals surface area contributed by atoms with Crippen LogP contribution in [0.2, 0.25) is 0 Å². The second-order valence-electron chi connectivity index (χ2n) is 12.1. The summed E-state index contributed by atoms with van der Waals surface area (Å²) in [6.45, 7) is 0. The van der Waals surface area contributed by atoms with E-state index in [1.54, 1.807) is 0 Å². The topological polar surface area (TPSA) is 9.86 Å². The van der Waals surface area contributed by atoms with E-state index in [4.69, 9.17) is 0 Å². The number of nitrogens with zero attached hydrogens (tertiary/aromatic N) is 2. The third-order valence-corrected chi connectivity index (χ3v) is 9.69. The first-order valence-corrected chi connectivity index (χ1v) is 15.9. The summed E-state index contributed by atoms with van der Waals surface area (Å²) in [5.74, 6) is 0. The molecule has 0 saturated heterocycles. The molecule has 0 N–H and O–H groups in total. The minimum Gasteiger partial charge on any atom is -0.309 e. The molecule has 0 saturated carbocycles. The van der Waals surface area contributed by atoms with E-state index in [0.29, 0.717) is 0 Å². The van der Waals surface area contributed by atoms with Crippen LogP contribution in [0.5, 0.6) is 0 Å². The van der Waals surface area contributed by atoms with Crippen molar-refractivity contribution in [2.75, 3.05) is 0 Å². The molecule has 0 radical (unpaired) electrons. The normalized spacial score (nSPS) is 11.9. The van der Waals surface area contributed by atoms with Gasteiger partial charge in [-0.3, -0.25) is 0 Å². The molecule has 10 rings (SSSR count). The maximum absolute atomic E-state index is 2.48. The number of aromatic nitrogens is 2. The van der Waals surface area contributed by atoms with Crippen LogP contribution in [0.15, 0.2) is 170 Å². The first kappa shape index (κ1) is 25.2. The molecule has 0 aliphatic carbocycles. The highest BCUT2D eigenvalue weighted by Crippen LogP contribution is 2.42. The Morgan fingerprint density at radius 3 is 1.48 bits per heavy atom. The molecular weight excluding hydrogens is 556 g/mol. The Labute approximate surface area is 266 Å². The van der Waals surface area contributed by atoms with Crippen LogP contribution in [0.1, 0.15) is 0 Å². The number of rotatable bonds is 3. The van der Waals surface area contributed by atoms with Crippen molar-refractivity contribution in [2.24, 2.45) is 0 Å². The second kappa shape index (κ2) is 9.69. The van der Waals surface area contributed by atoms with Crippen molar-refractivity contribution in [1.29, 1.82) is 0 Å². The molecule has 46 heavy (non-hydrogen) atoms. The zero-order valence-electron chi connectivity index (χ0n) is 25.1. The number of para-hydroxylation sites is 3. The Kier molecular flexibility index (Phi) is 5.31. The summed E-state index contributed by atoms with van der Waals surface area (Å²) in [7, 11) is 0. The van der Waals surface area contributed by atoms with Gasteiger partial charge in [-0.15, -0.1) is 0 Å². The Bertz CT molecular complexity index is 2800. The van der Waals surface area contributed by atoms with E-state index >= 15 is 0 Å². The molecule has 0 bridgehead atoms. The lowest BCUT2D eigenvalue weighted by Crippen LogP contribution is -1.97. The van der Waals surface area contributed by atoms with Gasteiger partial charge in [0.05, 0.1) is 33.4 Å². The summed E-state index contributed by atoms with van der Waals surface area (Å²) in [5, 5.41) is 10.0. The molecule has 8 aromatic carbocycles. The summed E-state index contributed by atoms with van der Waals surface area (Å²) in [6, 6.07) is 62.0. The average Bonchev–Trinajstić information content (AvgIpc) is 3.64. The maximum atomic E-state index is 2.48. The number of benzene rings is 8. The van der Waals surface area contributed by atoms with E-state index < -0.39 is 0 Å². The zero-order valence-corrected chi connectivity index (χ0v) is 25.1. The van der Waals surface area contributed by atoms with Crippen molar-refractivity contribution >= 4 is 65.2 Å². The third kappa shape index (κ3) is 3.53. The van der Waals surface area contributed by atoms with E-state index in [2.05, 4.69) is 179 Å². The number of hydrogen-bond donors (Lipinski definition) is 0. The van der Waals surface area contributed by atoms with E-state index in [1.807, 2.05) is 0 Å². The van der Waals surface area contributed by atoms with E-state index in [1.165, 1.54) is 87.7 Å². The molecule has 0 aliphatic heterocycles. The van der Waals surface area contributed by atoms with Crippen molar-refractivity contribution in [2.45, 2.75) is 0 Å². The molecule has 2 nitrogen and oxygen atoms in total. The largest absolute Gasteiger partial charge is 0.309 e. The monoisotopic (exact) mass is 584 g/mol. The van der Waals surface area contributed by atoms with Crippen molar-refractivity contribution in [3.05, 3.63) is 170 Å². The SMILES string of the molecule is c1ccc2c(-n3c4ccccc4c4ccc(-c5cccc6c7ccccc7n(-c7cccc8ccccc78)c56)cc43)cccc2c1. The second-order valence-corrected chi connectivity index (χ2v) is 12.1. The fraction of sp³-hybridized carbons (Fsp3) is 0. The maximum Gasteiger partial charge on any atom is 0.0619 e. The van der Waals surface area contributed by atoms with Crippen LogP contribution in [-0.4, -0.2) is 9.13 Å². The van der Waals surface area contributed by atoms with Gasteiger partial charge in [0, 0.05) is 37.9 Å². The fourth-order valence-corrected chi connectivity index (χ4v) is 7.71. The molecule has 214 valence electrons. The van der Waals surface area contributed by atoms with Gasteiger partial charge in [-0.05, 0) is 46.7 Å². The van der Waals surface area contributed by atoms with Gasteiger partial charge in [0.15, 0.2) is 0 Å². The molecule has 10 aromatic rings. The molecule has 2 heterocycles. The molecule has 0 spiro atoms. The van der Waals surface area contributed by atoms with E-state index in [-0.39, 0.29) is 0 Å². The van der Waals surface area contributed by atoms with Crippen molar-refractivity contribution in [3.63, 3.8) is 0 Å². The lowest BCUT2D eigenvalue weighted by Gasteiger charge is -2.15. The Hall–Kier alpha value is -6.12. The van der Waals surface area contributed by atoms with Gasteiger partial charge in [0.1, 0.15) is 0 Å². The number of hydrogen-bond acceptors (Lipinski definition) is 0. The first-order chi connectivity index (χ1) is 22.8. The van der Waals surface area contributed by atoms with Crippen LogP contribution in [0.3, 0.4) is 0 Å². The first-order valence-electron chi connectivity index (χ1n) is 15.9. The molecule has 0 atom stereocenters. The highest BCUT2D eigenvalue weighted by molar-refractivity contribution is 6.16. The summed E-state index contributed by atoms with van der Waals surface area (Å²) < 4.78 is 4.93. The van der Waals surface area contributed by atoms with Gasteiger partial charge in [-0.2, -0.15) is 0 Å². The lowest BCUT2D eigenvalue weighted by molar-refractivity contribution is 1.19. The summed E-state index contributed by atoms with van der Waals surface area (Å²) in [4.78, 5) is 0. The summed E-state index contributed by atoms with van der Waals surface area (Å²) in [6.07, 6.45) is 0. The molecule has 0 unspecified atom stereocenters. The predicted octanol–water partition coefficient (Wildman–Crippen LogP) is 11.9. The van der Waals surface area contributed by atoms with Crippen LogP contribution < -0.4 is 0 Å². The average molecular weight is 585 g/mol. The third-order valence-electron chi connectivity index (χ3n) is 9.69. The molecule has 2 aromatic heterocycles. The van der Waals surface area contributed by atoms with Crippen LogP contribution in [-0.2, 0) is 0 Å². The highest BCUT2D eigenvalue weighted by Gasteiger charge is 2.19. The van der Waals surface area contributed by atoms with Crippen molar-refractivity contribution in [1.82, 2.24) is 9.13 Å². The smallest absolute Gasteiger partial charge is 0.0619 e. The fourth-order valence-electron chi connectivity index (χ4n) is 7.71. The van der Waals surface area contributed by atoms with Gasteiger partial charge < -0.3 is 9.13 Å². The Morgan fingerprint density at radius 1 is 0.304 bits per heavy atom. The standard InChI is InChI=1S/C44H28N2/c1-3-16-32-29(12-1)14-9-24-39(32)45-41-22-7-5-18-35(41)37-27-26-31(28-43(37)45)34-20-11-21-38-36-19-6-8-23-42(36)46(44(34)38)40-25-10-15-30-13-2-4-17-33(30)40/h1-28H. The lowest BCUT2D eigenvalue weighted by atomic mass is 10.00. The van der Waals surface area contributed by atoms with Gasteiger partial charge in [0.25, 0.3) is 0 Å². The van der Waals surface area contributed by atoms with Crippen LogP contribution in [0.4, 0.5) is 0 Å².